The first-order valence-corrected chi connectivity index (χ1v) is 6.80. The predicted molar refractivity (Wildman–Crippen MR) is 83.2 cm³/mol. The van der Waals surface area contributed by atoms with Crippen molar-refractivity contribution < 1.29 is 9.59 Å². The molecule has 21 heavy (non-hydrogen) atoms. The molecule has 2 rings (SSSR count). The Morgan fingerprint density at radius 1 is 0.952 bits per heavy atom. The van der Waals surface area contributed by atoms with Crippen LogP contribution >= 0.6 is 0 Å². The lowest BCUT2D eigenvalue weighted by atomic mass is 10.1. The lowest BCUT2D eigenvalue weighted by Crippen LogP contribution is -2.27. The van der Waals surface area contributed by atoms with Crippen LogP contribution in [-0.4, -0.2) is 18.2 Å². The van der Waals surface area contributed by atoms with Gasteiger partial charge in [0, 0.05) is 17.8 Å². The van der Waals surface area contributed by atoms with Gasteiger partial charge in [-0.05, 0) is 36.8 Å². The number of nitrogens with one attached hydrogen (secondary N) is 2. The van der Waals surface area contributed by atoms with Crippen molar-refractivity contribution >= 4 is 17.4 Å². The molecule has 0 saturated carbocycles. The molecule has 0 heterocycles. The topological polar surface area (TPSA) is 58.2 Å². The zero-order valence-corrected chi connectivity index (χ0v) is 11.9. The lowest BCUT2D eigenvalue weighted by molar-refractivity contribution is -0.115. The maximum Gasteiger partial charge on any atom is 0.238 e. The number of hydrogen-bond acceptors (Lipinski definition) is 3. The van der Waals surface area contributed by atoms with E-state index in [0.29, 0.717) is 17.8 Å². The van der Waals surface area contributed by atoms with E-state index in [-0.39, 0.29) is 18.2 Å². The molecule has 0 fully saturated rings. The van der Waals surface area contributed by atoms with Crippen LogP contribution in [0.5, 0.6) is 0 Å². The Kier molecular flexibility index (Phi) is 5.23. The lowest BCUT2D eigenvalue weighted by Gasteiger charge is -2.07. The number of benzene rings is 2. The molecule has 0 spiro atoms. The van der Waals surface area contributed by atoms with Crippen molar-refractivity contribution in [3.05, 3.63) is 65.7 Å². The van der Waals surface area contributed by atoms with Crippen molar-refractivity contribution in [2.45, 2.75) is 13.5 Å². The SMILES string of the molecule is CC(=O)c1ccc(NC(=O)CNCc2ccccc2)cc1. The smallest absolute Gasteiger partial charge is 0.238 e. The van der Waals surface area contributed by atoms with E-state index in [1.54, 1.807) is 24.3 Å². The van der Waals surface area contributed by atoms with Gasteiger partial charge < -0.3 is 10.6 Å². The van der Waals surface area contributed by atoms with Gasteiger partial charge in [0.2, 0.25) is 5.91 Å². The van der Waals surface area contributed by atoms with Gasteiger partial charge in [0.05, 0.1) is 6.54 Å². The quantitative estimate of drug-likeness (QED) is 0.801. The Balaban J connectivity index is 1.78. The van der Waals surface area contributed by atoms with Gasteiger partial charge in [-0.2, -0.15) is 0 Å². The Hall–Kier alpha value is -2.46. The number of ketones is 1. The van der Waals surface area contributed by atoms with E-state index in [9.17, 15) is 9.59 Å². The molecule has 4 nitrogen and oxygen atoms in total. The van der Waals surface area contributed by atoms with E-state index in [0.717, 1.165) is 5.56 Å². The van der Waals surface area contributed by atoms with E-state index in [1.165, 1.54) is 6.92 Å². The monoisotopic (exact) mass is 282 g/mol. The van der Waals surface area contributed by atoms with E-state index in [1.807, 2.05) is 30.3 Å². The minimum absolute atomic E-state index is 0.0115. The van der Waals surface area contributed by atoms with Gasteiger partial charge >= 0.3 is 0 Å². The van der Waals surface area contributed by atoms with Crippen LogP contribution in [0.2, 0.25) is 0 Å². The highest BCUT2D eigenvalue weighted by molar-refractivity contribution is 5.96. The van der Waals surface area contributed by atoms with Gasteiger partial charge in [0.15, 0.2) is 5.78 Å². The molecule has 0 atom stereocenters. The second-order valence-electron chi connectivity index (χ2n) is 4.77. The molecular weight excluding hydrogens is 264 g/mol. The molecule has 1 amide bonds. The highest BCUT2D eigenvalue weighted by atomic mass is 16.2. The Morgan fingerprint density at radius 3 is 2.24 bits per heavy atom. The second kappa shape index (κ2) is 7.36. The highest BCUT2D eigenvalue weighted by Crippen LogP contribution is 2.09. The van der Waals surface area contributed by atoms with Gasteiger partial charge in [-0.3, -0.25) is 9.59 Å². The van der Waals surface area contributed by atoms with Crippen molar-refractivity contribution in [1.82, 2.24) is 5.32 Å². The average Bonchev–Trinajstić information content (AvgIpc) is 2.49. The summed E-state index contributed by atoms with van der Waals surface area (Å²) >= 11 is 0. The van der Waals surface area contributed by atoms with E-state index >= 15 is 0 Å². The molecule has 2 N–H and O–H groups in total. The van der Waals surface area contributed by atoms with Crippen LogP contribution in [0.25, 0.3) is 0 Å². The first kappa shape index (κ1) is 14.9. The summed E-state index contributed by atoms with van der Waals surface area (Å²) < 4.78 is 0. The fraction of sp³-hybridized carbons (Fsp3) is 0.176. The number of anilines is 1. The molecule has 0 unspecified atom stereocenters. The normalized spacial score (nSPS) is 10.1. The fourth-order valence-electron chi connectivity index (χ4n) is 1.91. The van der Waals surface area contributed by atoms with Crippen molar-refractivity contribution in [1.29, 1.82) is 0 Å². The minimum Gasteiger partial charge on any atom is -0.325 e. The molecule has 0 radical (unpaired) electrons. The van der Waals surface area contributed by atoms with Crippen molar-refractivity contribution in [2.75, 3.05) is 11.9 Å². The number of Topliss-reactive ketones (excluding diaryl/α,β-unsaturated/α-hetero) is 1. The first-order valence-electron chi connectivity index (χ1n) is 6.80. The van der Waals surface area contributed by atoms with Crippen molar-refractivity contribution in [3.63, 3.8) is 0 Å². The summed E-state index contributed by atoms with van der Waals surface area (Å²) in [6, 6.07) is 16.8. The largest absolute Gasteiger partial charge is 0.325 e. The average molecular weight is 282 g/mol. The minimum atomic E-state index is -0.110. The van der Waals surface area contributed by atoms with Gasteiger partial charge in [-0.15, -0.1) is 0 Å². The molecule has 108 valence electrons. The van der Waals surface area contributed by atoms with Gasteiger partial charge in [-0.25, -0.2) is 0 Å². The van der Waals surface area contributed by atoms with Crippen LogP contribution < -0.4 is 10.6 Å². The van der Waals surface area contributed by atoms with E-state index in [2.05, 4.69) is 10.6 Å². The van der Waals surface area contributed by atoms with Crippen LogP contribution in [0, 0.1) is 0 Å². The van der Waals surface area contributed by atoms with Crippen LogP contribution in [-0.2, 0) is 11.3 Å². The van der Waals surface area contributed by atoms with Crippen LogP contribution in [0.15, 0.2) is 54.6 Å². The molecule has 4 heteroatoms. The van der Waals surface area contributed by atoms with E-state index < -0.39 is 0 Å². The summed E-state index contributed by atoms with van der Waals surface area (Å²) in [6.45, 7) is 2.40. The number of amides is 1. The van der Waals surface area contributed by atoms with Crippen molar-refractivity contribution in [3.8, 4) is 0 Å². The summed E-state index contributed by atoms with van der Waals surface area (Å²) in [5.74, 6) is -0.0982. The molecule has 0 aliphatic rings. The summed E-state index contributed by atoms with van der Waals surface area (Å²) in [4.78, 5) is 22.9. The maximum atomic E-state index is 11.8. The third kappa shape index (κ3) is 4.85. The third-order valence-electron chi connectivity index (χ3n) is 3.03. The van der Waals surface area contributed by atoms with Gasteiger partial charge in [-0.1, -0.05) is 30.3 Å². The van der Waals surface area contributed by atoms with Gasteiger partial charge in [0.1, 0.15) is 0 Å². The summed E-state index contributed by atoms with van der Waals surface area (Å²) in [5.41, 5.74) is 2.46. The number of carbonyl (C=O) groups excluding carboxylic acids is 2. The number of hydrogen-bond donors (Lipinski definition) is 2. The first-order chi connectivity index (χ1) is 10.1. The molecule has 0 bridgehead atoms. The van der Waals surface area contributed by atoms with E-state index in [4.69, 9.17) is 0 Å². The highest BCUT2D eigenvalue weighted by Gasteiger charge is 2.03. The van der Waals surface area contributed by atoms with Crippen LogP contribution in [0.4, 0.5) is 5.69 Å². The number of carbonyl (C=O) groups is 2. The summed E-state index contributed by atoms with van der Waals surface area (Å²) in [7, 11) is 0. The molecule has 0 aliphatic heterocycles. The zero-order chi connectivity index (χ0) is 15.1. The van der Waals surface area contributed by atoms with Gasteiger partial charge in [0.25, 0.3) is 0 Å². The van der Waals surface area contributed by atoms with Crippen LogP contribution in [0.1, 0.15) is 22.8 Å². The Morgan fingerprint density at radius 2 is 1.62 bits per heavy atom. The predicted octanol–water partition coefficient (Wildman–Crippen LogP) is 2.62. The van der Waals surface area contributed by atoms with Crippen molar-refractivity contribution in [2.24, 2.45) is 0 Å². The molecule has 0 aromatic heterocycles. The molecular formula is C17H18N2O2. The second-order valence-corrected chi connectivity index (χ2v) is 4.77. The standard InChI is InChI=1S/C17H18N2O2/c1-13(20)15-7-9-16(10-8-15)19-17(21)12-18-11-14-5-3-2-4-6-14/h2-10,18H,11-12H2,1H3,(H,19,21). The fourth-order valence-corrected chi connectivity index (χ4v) is 1.91. The Labute approximate surface area is 124 Å². The Bertz CT molecular complexity index is 606. The zero-order valence-electron chi connectivity index (χ0n) is 11.9. The molecule has 2 aromatic rings. The summed E-state index contributed by atoms with van der Waals surface area (Å²) in [5, 5.41) is 5.87. The molecule has 0 saturated heterocycles. The molecule has 0 aliphatic carbocycles. The maximum absolute atomic E-state index is 11.8. The molecule has 2 aromatic carbocycles. The third-order valence-corrected chi connectivity index (χ3v) is 3.03. The summed E-state index contributed by atoms with van der Waals surface area (Å²) in [6.07, 6.45) is 0. The number of rotatable bonds is 6. The van der Waals surface area contributed by atoms with Crippen LogP contribution in [0.3, 0.4) is 0 Å².